The van der Waals surface area contributed by atoms with Crippen LogP contribution in [0.3, 0.4) is 0 Å². The summed E-state index contributed by atoms with van der Waals surface area (Å²) in [5.41, 5.74) is 0.797. The van der Waals surface area contributed by atoms with E-state index in [4.69, 9.17) is 14.2 Å². The summed E-state index contributed by atoms with van der Waals surface area (Å²) in [4.78, 5) is 22.2. The Bertz CT molecular complexity index is 543. The highest BCUT2D eigenvalue weighted by molar-refractivity contribution is 5.87. The van der Waals surface area contributed by atoms with Crippen molar-refractivity contribution >= 4 is 11.8 Å². The number of carbonyl (C=O) groups excluding carboxylic acids is 2. The van der Waals surface area contributed by atoms with E-state index in [-0.39, 0.29) is 25.0 Å². The Kier molecular flexibility index (Phi) is 9.65. The highest BCUT2D eigenvalue weighted by atomic mass is 16.7. The molecular formula is C18H24N2O5. The van der Waals surface area contributed by atoms with Crippen molar-refractivity contribution in [3.8, 4) is 5.75 Å². The minimum atomic E-state index is -0.632. The molecule has 7 heteroatoms. The molecule has 0 atom stereocenters. The van der Waals surface area contributed by atoms with Gasteiger partial charge in [0.15, 0.2) is 6.29 Å². The number of hydrogen-bond donors (Lipinski definition) is 2. The number of benzene rings is 1. The maximum absolute atomic E-state index is 11.1. The predicted molar refractivity (Wildman–Crippen MR) is 94.1 cm³/mol. The van der Waals surface area contributed by atoms with Gasteiger partial charge in [-0.25, -0.2) is 0 Å². The van der Waals surface area contributed by atoms with E-state index in [9.17, 15) is 9.59 Å². The third kappa shape index (κ3) is 8.14. The van der Waals surface area contributed by atoms with Crippen LogP contribution in [0.1, 0.15) is 11.9 Å². The van der Waals surface area contributed by atoms with Crippen LogP contribution in [-0.4, -0.2) is 45.2 Å². The van der Waals surface area contributed by atoms with Crippen LogP contribution in [0.2, 0.25) is 0 Å². The van der Waals surface area contributed by atoms with Crippen LogP contribution in [0, 0.1) is 0 Å². The van der Waals surface area contributed by atoms with Crippen LogP contribution >= 0.6 is 0 Å². The van der Waals surface area contributed by atoms with Gasteiger partial charge < -0.3 is 24.8 Å². The van der Waals surface area contributed by atoms with Gasteiger partial charge in [0.25, 0.3) is 0 Å². The van der Waals surface area contributed by atoms with Gasteiger partial charge in [-0.2, -0.15) is 0 Å². The summed E-state index contributed by atoms with van der Waals surface area (Å²) < 4.78 is 16.5. The fraction of sp³-hybridized carbons (Fsp3) is 0.333. The Labute approximate surface area is 147 Å². The van der Waals surface area contributed by atoms with E-state index in [1.54, 1.807) is 19.2 Å². The summed E-state index contributed by atoms with van der Waals surface area (Å²) in [5, 5.41) is 5.24. The maximum Gasteiger partial charge on any atom is 0.243 e. The average molecular weight is 348 g/mol. The average Bonchev–Trinajstić information content (AvgIpc) is 2.66. The van der Waals surface area contributed by atoms with E-state index in [1.165, 1.54) is 12.2 Å². The summed E-state index contributed by atoms with van der Waals surface area (Å²) >= 11 is 0. The molecule has 0 saturated heterocycles. The van der Waals surface area contributed by atoms with E-state index in [2.05, 4.69) is 23.8 Å². The molecule has 2 amide bonds. The molecule has 0 fully saturated rings. The monoisotopic (exact) mass is 348 g/mol. The second-order valence-electron chi connectivity index (χ2n) is 4.84. The zero-order valence-corrected chi connectivity index (χ0v) is 14.3. The number of ether oxygens (including phenoxy) is 3. The minimum absolute atomic E-state index is 0.259. The summed E-state index contributed by atoms with van der Waals surface area (Å²) in [6.45, 7) is 7.93. The van der Waals surface area contributed by atoms with Gasteiger partial charge in [0, 0.05) is 18.7 Å². The van der Waals surface area contributed by atoms with Crippen molar-refractivity contribution < 1.29 is 23.8 Å². The third-order valence-corrected chi connectivity index (χ3v) is 3.10. The lowest BCUT2D eigenvalue weighted by atomic mass is 10.2. The van der Waals surface area contributed by atoms with Crippen LogP contribution in [0.15, 0.2) is 49.6 Å². The van der Waals surface area contributed by atoms with E-state index in [0.29, 0.717) is 13.1 Å². The van der Waals surface area contributed by atoms with E-state index in [0.717, 1.165) is 11.3 Å². The molecule has 0 aliphatic rings. The Balaban J connectivity index is 2.55. The first kappa shape index (κ1) is 20.4. The van der Waals surface area contributed by atoms with Crippen LogP contribution in [0.5, 0.6) is 5.75 Å². The predicted octanol–water partition coefficient (Wildman–Crippen LogP) is 1.33. The van der Waals surface area contributed by atoms with Crippen LogP contribution in [0.4, 0.5) is 0 Å². The lowest BCUT2D eigenvalue weighted by Crippen LogP contribution is -2.28. The molecule has 0 aliphatic carbocycles. The molecule has 2 N–H and O–H groups in total. The van der Waals surface area contributed by atoms with Crippen LogP contribution in [0.25, 0.3) is 0 Å². The van der Waals surface area contributed by atoms with Gasteiger partial charge in [0.05, 0.1) is 20.3 Å². The van der Waals surface area contributed by atoms with Crippen molar-refractivity contribution in [1.82, 2.24) is 10.6 Å². The molecule has 0 aliphatic heterocycles. The zero-order chi connectivity index (χ0) is 18.5. The first-order chi connectivity index (χ1) is 12.1. The molecule has 0 saturated carbocycles. The van der Waals surface area contributed by atoms with Crippen LogP contribution in [-0.2, 0) is 19.1 Å². The summed E-state index contributed by atoms with van der Waals surface area (Å²) in [6, 6.07) is 7.25. The molecule has 25 heavy (non-hydrogen) atoms. The second kappa shape index (κ2) is 11.8. The number of amides is 2. The quantitative estimate of drug-likeness (QED) is 0.338. The van der Waals surface area contributed by atoms with Gasteiger partial charge in [0.1, 0.15) is 5.75 Å². The number of hydrogen-bond acceptors (Lipinski definition) is 5. The van der Waals surface area contributed by atoms with Gasteiger partial charge >= 0.3 is 0 Å². The Morgan fingerprint density at radius 2 is 1.48 bits per heavy atom. The highest BCUT2D eigenvalue weighted by Gasteiger charge is 2.13. The highest BCUT2D eigenvalue weighted by Crippen LogP contribution is 2.21. The molecule has 0 unspecified atom stereocenters. The summed E-state index contributed by atoms with van der Waals surface area (Å²) in [7, 11) is 1.59. The maximum atomic E-state index is 11.1. The first-order valence-corrected chi connectivity index (χ1v) is 7.78. The van der Waals surface area contributed by atoms with Crippen molar-refractivity contribution in [2.45, 2.75) is 6.29 Å². The van der Waals surface area contributed by atoms with E-state index in [1.807, 2.05) is 12.1 Å². The second-order valence-corrected chi connectivity index (χ2v) is 4.84. The smallest absolute Gasteiger partial charge is 0.243 e. The standard InChI is InChI=1S/C18H24N2O5/c1-4-16(21)19-10-12-24-18(25-13-11-20-17(22)5-2)14-6-8-15(23-3)9-7-14/h4-9,18H,1-2,10-13H2,3H3,(H,19,21)(H,20,22). The molecule has 0 aromatic heterocycles. The molecule has 1 aromatic carbocycles. The van der Waals surface area contributed by atoms with Crippen molar-refractivity contribution in [3.05, 3.63) is 55.1 Å². The van der Waals surface area contributed by atoms with Gasteiger partial charge in [-0.15, -0.1) is 0 Å². The number of rotatable bonds is 12. The lowest BCUT2D eigenvalue weighted by molar-refractivity contribution is -0.146. The normalized spacial score (nSPS) is 10.2. The molecule has 0 radical (unpaired) electrons. The van der Waals surface area contributed by atoms with E-state index >= 15 is 0 Å². The first-order valence-electron chi connectivity index (χ1n) is 7.78. The summed E-state index contributed by atoms with van der Waals surface area (Å²) in [5.74, 6) is 0.189. The summed E-state index contributed by atoms with van der Waals surface area (Å²) in [6.07, 6.45) is 1.76. The molecule has 1 aromatic rings. The van der Waals surface area contributed by atoms with Crippen molar-refractivity contribution in [2.24, 2.45) is 0 Å². The number of nitrogens with one attached hydrogen (secondary N) is 2. The van der Waals surface area contributed by atoms with Crippen molar-refractivity contribution in [3.63, 3.8) is 0 Å². The van der Waals surface area contributed by atoms with Crippen molar-refractivity contribution in [2.75, 3.05) is 33.4 Å². The number of carbonyl (C=O) groups is 2. The Morgan fingerprint density at radius 1 is 1.00 bits per heavy atom. The fourth-order valence-corrected chi connectivity index (χ4v) is 1.83. The van der Waals surface area contributed by atoms with Crippen molar-refractivity contribution in [1.29, 1.82) is 0 Å². The van der Waals surface area contributed by atoms with Gasteiger partial charge in [0.2, 0.25) is 11.8 Å². The molecule has 1 rings (SSSR count). The Morgan fingerprint density at radius 3 is 1.88 bits per heavy atom. The molecule has 136 valence electrons. The zero-order valence-electron chi connectivity index (χ0n) is 14.3. The van der Waals surface area contributed by atoms with Crippen LogP contribution < -0.4 is 15.4 Å². The molecule has 0 bridgehead atoms. The SMILES string of the molecule is C=CC(=O)NCCOC(OCCNC(=O)C=C)c1ccc(OC)cc1. The molecule has 7 nitrogen and oxygen atoms in total. The topological polar surface area (TPSA) is 85.9 Å². The molecular weight excluding hydrogens is 324 g/mol. The largest absolute Gasteiger partial charge is 0.497 e. The number of methoxy groups -OCH3 is 1. The molecule has 0 spiro atoms. The fourth-order valence-electron chi connectivity index (χ4n) is 1.83. The van der Waals surface area contributed by atoms with Gasteiger partial charge in [-0.1, -0.05) is 25.3 Å². The van der Waals surface area contributed by atoms with E-state index < -0.39 is 6.29 Å². The Hall–Kier alpha value is -2.64. The third-order valence-electron chi connectivity index (χ3n) is 3.10. The van der Waals surface area contributed by atoms with Gasteiger partial charge in [-0.3, -0.25) is 9.59 Å². The minimum Gasteiger partial charge on any atom is -0.497 e. The lowest BCUT2D eigenvalue weighted by Gasteiger charge is -2.19. The molecule has 0 heterocycles. The van der Waals surface area contributed by atoms with Gasteiger partial charge in [-0.05, 0) is 24.3 Å².